The number of amides is 1. The van der Waals surface area contributed by atoms with Gasteiger partial charge in [0.15, 0.2) is 0 Å². The van der Waals surface area contributed by atoms with Gasteiger partial charge in [-0.1, -0.05) is 30.7 Å². The number of nitrogen functional groups attached to an aromatic ring is 1. The van der Waals surface area contributed by atoms with Gasteiger partial charge in [-0.3, -0.25) is 19.8 Å². The van der Waals surface area contributed by atoms with Gasteiger partial charge in [-0.2, -0.15) is 0 Å². The standard InChI is InChI=1S/C21H28N4O4/c1-14-12-24(13-15-6-4-3-5-7-15)9-8-18(14)23-21(26)16-10-19(25(27)28)17(22)11-20(16)29-2/h3-4,7,10-11,14,18H,5-6,8-9,12-13,22H2,1-2H3,(H,23,26). The smallest absolute Gasteiger partial charge is 0.293 e. The molecule has 8 nitrogen and oxygen atoms in total. The van der Waals surface area contributed by atoms with Crippen molar-refractivity contribution in [3.63, 3.8) is 0 Å². The molecule has 2 unspecified atom stereocenters. The number of allylic oxidation sites excluding steroid dienone is 3. The molecule has 8 heteroatoms. The number of methoxy groups -OCH3 is 1. The van der Waals surface area contributed by atoms with Crippen LogP contribution in [0.3, 0.4) is 0 Å². The lowest BCUT2D eigenvalue weighted by atomic mass is 9.92. The Hall–Kier alpha value is -2.87. The molecule has 0 radical (unpaired) electrons. The van der Waals surface area contributed by atoms with E-state index < -0.39 is 4.92 Å². The molecule has 0 saturated carbocycles. The Bertz CT molecular complexity index is 849. The lowest BCUT2D eigenvalue weighted by Crippen LogP contribution is -2.50. The number of ether oxygens (including phenoxy) is 1. The summed E-state index contributed by atoms with van der Waals surface area (Å²) < 4.78 is 5.22. The van der Waals surface area contributed by atoms with Crippen molar-refractivity contribution >= 4 is 17.3 Å². The van der Waals surface area contributed by atoms with E-state index in [1.165, 1.54) is 24.8 Å². The highest BCUT2D eigenvalue weighted by Gasteiger charge is 2.29. The van der Waals surface area contributed by atoms with Crippen LogP contribution >= 0.6 is 0 Å². The lowest BCUT2D eigenvalue weighted by molar-refractivity contribution is -0.383. The number of piperidine rings is 1. The maximum absolute atomic E-state index is 12.8. The molecule has 1 aliphatic heterocycles. The summed E-state index contributed by atoms with van der Waals surface area (Å²) in [6, 6.07) is 2.51. The highest BCUT2D eigenvalue weighted by Crippen LogP contribution is 2.31. The van der Waals surface area contributed by atoms with E-state index >= 15 is 0 Å². The van der Waals surface area contributed by atoms with Gasteiger partial charge in [0.2, 0.25) is 0 Å². The predicted octanol–water partition coefficient (Wildman–Crippen LogP) is 2.90. The number of nitrogens with zero attached hydrogens (tertiary/aromatic N) is 2. The first-order valence-corrected chi connectivity index (χ1v) is 9.87. The number of hydrogen-bond donors (Lipinski definition) is 2. The number of carbonyl (C=O) groups excluding carboxylic acids is 1. The predicted molar refractivity (Wildman–Crippen MR) is 112 cm³/mol. The van der Waals surface area contributed by atoms with Gasteiger partial charge in [0, 0.05) is 37.8 Å². The van der Waals surface area contributed by atoms with Crippen molar-refractivity contribution in [1.29, 1.82) is 0 Å². The summed E-state index contributed by atoms with van der Waals surface area (Å²) in [6.45, 7) is 4.88. The summed E-state index contributed by atoms with van der Waals surface area (Å²) in [4.78, 5) is 25.8. The molecule has 2 atom stereocenters. The highest BCUT2D eigenvalue weighted by molar-refractivity contribution is 5.98. The molecule has 29 heavy (non-hydrogen) atoms. The minimum Gasteiger partial charge on any atom is -0.496 e. The molecule has 1 amide bonds. The third-order valence-corrected chi connectivity index (χ3v) is 5.61. The first kappa shape index (κ1) is 20.9. The molecule has 3 N–H and O–H groups in total. The van der Waals surface area contributed by atoms with Gasteiger partial charge in [0.05, 0.1) is 17.6 Å². The third-order valence-electron chi connectivity index (χ3n) is 5.61. The molecule has 0 spiro atoms. The SMILES string of the molecule is COc1cc(N)c([N+](=O)[O-])cc1C(=O)NC1CCN(CC2=CCC=CC2)CC1C. The molecule has 1 aromatic rings. The van der Waals surface area contributed by atoms with Crippen molar-refractivity contribution in [1.82, 2.24) is 10.2 Å². The summed E-state index contributed by atoms with van der Waals surface area (Å²) in [5.74, 6) is 0.116. The van der Waals surface area contributed by atoms with E-state index in [1.807, 2.05) is 0 Å². The van der Waals surface area contributed by atoms with Gasteiger partial charge < -0.3 is 15.8 Å². The van der Waals surface area contributed by atoms with E-state index in [-0.39, 0.29) is 40.6 Å². The van der Waals surface area contributed by atoms with Crippen molar-refractivity contribution in [3.8, 4) is 5.75 Å². The Morgan fingerprint density at radius 3 is 2.83 bits per heavy atom. The number of nitro groups is 1. The van der Waals surface area contributed by atoms with Gasteiger partial charge >= 0.3 is 0 Å². The molecular formula is C21H28N4O4. The number of benzene rings is 1. The summed E-state index contributed by atoms with van der Waals surface area (Å²) in [5, 5.41) is 14.2. The Labute approximate surface area is 170 Å². The molecule has 0 aromatic heterocycles. The number of carbonyl (C=O) groups is 1. The fourth-order valence-corrected chi connectivity index (χ4v) is 3.99. The topological polar surface area (TPSA) is 111 Å². The maximum Gasteiger partial charge on any atom is 0.293 e. The monoisotopic (exact) mass is 400 g/mol. The number of rotatable bonds is 6. The first-order chi connectivity index (χ1) is 13.9. The molecule has 3 rings (SSSR count). The summed E-state index contributed by atoms with van der Waals surface area (Å²) >= 11 is 0. The van der Waals surface area contributed by atoms with Crippen LogP contribution in [-0.4, -0.2) is 48.5 Å². The third kappa shape index (κ3) is 4.95. The van der Waals surface area contributed by atoms with Crippen molar-refractivity contribution in [3.05, 3.63) is 51.6 Å². The molecule has 2 aliphatic rings. The Morgan fingerprint density at radius 1 is 1.41 bits per heavy atom. The van der Waals surface area contributed by atoms with Gasteiger partial charge in [0.1, 0.15) is 11.4 Å². The van der Waals surface area contributed by atoms with Crippen molar-refractivity contribution in [2.75, 3.05) is 32.5 Å². The normalized spacial score (nSPS) is 22.1. The van der Waals surface area contributed by atoms with Crippen LogP contribution in [-0.2, 0) is 0 Å². The fraction of sp³-hybridized carbons (Fsp3) is 0.476. The minimum atomic E-state index is -0.595. The van der Waals surface area contributed by atoms with Crippen LogP contribution in [0.2, 0.25) is 0 Å². The van der Waals surface area contributed by atoms with E-state index in [1.54, 1.807) is 0 Å². The average molecular weight is 400 g/mol. The van der Waals surface area contributed by atoms with E-state index in [2.05, 4.69) is 35.4 Å². The average Bonchev–Trinajstić information content (AvgIpc) is 2.70. The van der Waals surface area contributed by atoms with Crippen LogP contribution in [0.15, 0.2) is 35.9 Å². The minimum absolute atomic E-state index is 0.000275. The van der Waals surface area contributed by atoms with Crippen LogP contribution in [0.1, 0.15) is 36.5 Å². The Balaban J connectivity index is 1.64. The zero-order valence-electron chi connectivity index (χ0n) is 16.9. The lowest BCUT2D eigenvalue weighted by Gasteiger charge is -2.37. The summed E-state index contributed by atoms with van der Waals surface area (Å²) in [6.07, 6.45) is 9.54. The summed E-state index contributed by atoms with van der Waals surface area (Å²) in [5.41, 5.74) is 6.94. The molecule has 1 saturated heterocycles. The Kier molecular flexibility index (Phi) is 6.53. The van der Waals surface area contributed by atoms with Crippen molar-refractivity contribution < 1.29 is 14.5 Å². The van der Waals surface area contributed by atoms with Crippen molar-refractivity contribution in [2.45, 2.75) is 32.2 Å². The number of hydrogen-bond acceptors (Lipinski definition) is 6. The number of nitrogens with two attached hydrogens (primary N) is 1. The van der Waals surface area contributed by atoms with Gasteiger partial charge in [0.25, 0.3) is 11.6 Å². The molecule has 1 aromatic carbocycles. The fourth-order valence-electron chi connectivity index (χ4n) is 3.99. The zero-order chi connectivity index (χ0) is 21.0. The number of nitro benzene ring substituents is 1. The van der Waals surface area contributed by atoms with Crippen LogP contribution in [0.25, 0.3) is 0 Å². The summed E-state index contributed by atoms with van der Waals surface area (Å²) in [7, 11) is 1.41. The van der Waals surface area contributed by atoms with Crippen LogP contribution < -0.4 is 15.8 Å². The van der Waals surface area contributed by atoms with Crippen molar-refractivity contribution in [2.24, 2.45) is 5.92 Å². The van der Waals surface area contributed by atoms with Crippen LogP contribution in [0.4, 0.5) is 11.4 Å². The van der Waals surface area contributed by atoms with E-state index in [9.17, 15) is 14.9 Å². The van der Waals surface area contributed by atoms with Gasteiger partial charge in [-0.05, 0) is 25.2 Å². The molecular weight excluding hydrogens is 372 g/mol. The Morgan fingerprint density at radius 2 is 2.21 bits per heavy atom. The van der Waals surface area contributed by atoms with Gasteiger partial charge in [-0.15, -0.1) is 0 Å². The van der Waals surface area contributed by atoms with Crippen LogP contribution in [0.5, 0.6) is 5.75 Å². The zero-order valence-corrected chi connectivity index (χ0v) is 16.9. The van der Waals surface area contributed by atoms with Gasteiger partial charge in [-0.25, -0.2) is 0 Å². The second-order valence-corrected chi connectivity index (χ2v) is 7.72. The second-order valence-electron chi connectivity index (χ2n) is 7.72. The quantitative estimate of drug-likeness (QED) is 0.329. The largest absolute Gasteiger partial charge is 0.496 e. The molecule has 1 aliphatic carbocycles. The molecule has 156 valence electrons. The maximum atomic E-state index is 12.8. The highest BCUT2D eigenvalue weighted by atomic mass is 16.6. The second kappa shape index (κ2) is 9.09. The van der Waals surface area contributed by atoms with E-state index in [4.69, 9.17) is 10.5 Å². The molecule has 1 fully saturated rings. The van der Waals surface area contributed by atoms with E-state index in [0.29, 0.717) is 0 Å². The van der Waals surface area contributed by atoms with Crippen LogP contribution in [0, 0.1) is 16.0 Å². The van der Waals surface area contributed by atoms with E-state index in [0.717, 1.165) is 38.9 Å². The number of likely N-dealkylation sites (tertiary alicyclic amines) is 1. The number of anilines is 1. The number of nitrogens with one attached hydrogen (secondary N) is 1. The molecule has 1 heterocycles. The first-order valence-electron chi connectivity index (χ1n) is 9.87. The molecule has 0 bridgehead atoms.